The second-order valence-corrected chi connectivity index (χ2v) is 5.58. The highest BCUT2D eigenvalue weighted by Crippen LogP contribution is 2.29. The predicted octanol–water partition coefficient (Wildman–Crippen LogP) is 3.73. The fourth-order valence-electron chi connectivity index (χ4n) is 1.88. The van der Waals surface area contributed by atoms with Gasteiger partial charge in [-0.2, -0.15) is 0 Å². The summed E-state index contributed by atoms with van der Waals surface area (Å²) in [4.78, 5) is 13.0. The van der Waals surface area contributed by atoms with Crippen LogP contribution < -0.4 is 0 Å². The largest absolute Gasteiger partial charge is 0.478 e. The molecule has 0 radical (unpaired) electrons. The molecule has 0 atom stereocenters. The van der Waals surface area contributed by atoms with Crippen LogP contribution in [0.15, 0.2) is 40.8 Å². The monoisotopic (exact) mass is 300 g/mol. The molecule has 2 heterocycles. The molecule has 0 amide bonds. The van der Waals surface area contributed by atoms with E-state index in [2.05, 4.69) is 17.1 Å². The van der Waals surface area contributed by atoms with E-state index in [9.17, 15) is 4.79 Å². The highest BCUT2D eigenvalue weighted by molar-refractivity contribution is 7.15. The third-order valence-electron chi connectivity index (χ3n) is 3.02. The Morgan fingerprint density at radius 3 is 2.48 bits per heavy atom. The molecule has 0 unspecified atom stereocenters. The van der Waals surface area contributed by atoms with Gasteiger partial charge in [0.05, 0.1) is 10.4 Å². The fourth-order valence-corrected chi connectivity index (χ4v) is 2.75. The Balaban J connectivity index is 1.88. The lowest BCUT2D eigenvalue weighted by Crippen LogP contribution is -1.94. The lowest BCUT2D eigenvalue weighted by atomic mass is 10.1. The van der Waals surface area contributed by atoms with Crippen LogP contribution in [0.5, 0.6) is 0 Å². The highest BCUT2D eigenvalue weighted by atomic mass is 32.1. The zero-order valence-corrected chi connectivity index (χ0v) is 12.1. The Morgan fingerprint density at radius 2 is 1.86 bits per heavy atom. The van der Waals surface area contributed by atoms with Crippen molar-refractivity contribution >= 4 is 17.3 Å². The maximum atomic E-state index is 10.8. The Hall–Kier alpha value is -2.47. The van der Waals surface area contributed by atoms with E-state index < -0.39 is 5.97 Å². The van der Waals surface area contributed by atoms with Gasteiger partial charge in [-0.05, 0) is 42.8 Å². The standard InChI is InChI=1S/C15H12N2O3S/c1-2-11-7-8-12(21-11)14-17-16-13(20-14)9-3-5-10(6-4-9)15(18)19/h3-8H,2H2,1H3,(H,18,19). The molecule has 0 aliphatic heterocycles. The van der Waals surface area contributed by atoms with Crippen LogP contribution in [0.1, 0.15) is 22.2 Å². The molecular formula is C15H12N2O3S. The summed E-state index contributed by atoms with van der Waals surface area (Å²) in [6.07, 6.45) is 0.975. The number of aromatic carboxylic acids is 1. The lowest BCUT2D eigenvalue weighted by molar-refractivity contribution is 0.0697. The summed E-state index contributed by atoms with van der Waals surface area (Å²) in [5.41, 5.74) is 0.926. The maximum Gasteiger partial charge on any atom is 0.335 e. The molecule has 1 aromatic carbocycles. The number of carboxylic acid groups (broad SMARTS) is 1. The van der Waals surface area contributed by atoms with Crippen LogP contribution in [-0.4, -0.2) is 21.3 Å². The molecule has 3 aromatic rings. The van der Waals surface area contributed by atoms with Crippen LogP contribution in [0.4, 0.5) is 0 Å². The molecular weight excluding hydrogens is 288 g/mol. The van der Waals surface area contributed by atoms with E-state index in [1.807, 2.05) is 12.1 Å². The number of benzene rings is 1. The smallest absolute Gasteiger partial charge is 0.335 e. The van der Waals surface area contributed by atoms with Crippen LogP contribution in [0, 0.1) is 0 Å². The van der Waals surface area contributed by atoms with Gasteiger partial charge >= 0.3 is 5.97 Å². The summed E-state index contributed by atoms with van der Waals surface area (Å²) >= 11 is 1.63. The van der Waals surface area contributed by atoms with Crippen molar-refractivity contribution in [2.24, 2.45) is 0 Å². The number of rotatable bonds is 4. The van der Waals surface area contributed by atoms with Gasteiger partial charge in [0.25, 0.3) is 5.89 Å². The molecule has 0 fully saturated rings. The summed E-state index contributed by atoms with van der Waals surface area (Å²) < 4.78 is 5.65. The van der Waals surface area contributed by atoms with E-state index in [-0.39, 0.29) is 5.56 Å². The van der Waals surface area contributed by atoms with Crippen molar-refractivity contribution in [1.82, 2.24) is 10.2 Å². The van der Waals surface area contributed by atoms with E-state index in [0.717, 1.165) is 11.3 Å². The third kappa shape index (κ3) is 2.71. The zero-order valence-electron chi connectivity index (χ0n) is 11.2. The Kier molecular flexibility index (Phi) is 3.53. The van der Waals surface area contributed by atoms with Gasteiger partial charge in [-0.15, -0.1) is 21.5 Å². The SMILES string of the molecule is CCc1ccc(-c2nnc(-c3ccc(C(=O)O)cc3)o2)s1. The molecule has 106 valence electrons. The molecule has 6 heteroatoms. The minimum Gasteiger partial charge on any atom is -0.478 e. The minimum atomic E-state index is -0.960. The average Bonchev–Trinajstić information content (AvgIpc) is 3.16. The molecule has 5 nitrogen and oxygen atoms in total. The number of nitrogens with zero attached hydrogens (tertiary/aromatic N) is 2. The quantitative estimate of drug-likeness (QED) is 0.794. The van der Waals surface area contributed by atoms with E-state index in [1.54, 1.807) is 23.5 Å². The highest BCUT2D eigenvalue weighted by Gasteiger charge is 2.13. The Bertz CT molecular complexity index is 774. The second-order valence-electron chi connectivity index (χ2n) is 4.41. The van der Waals surface area contributed by atoms with Crippen molar-refractivity contribution in [2.75, 3.05) is 0 Å². The normalized spacial score (nSPS) is 10.7. The molecule has 0 saturated heterocycles. The van der Waals surface area contributed by atoms with E-state index in [0.29, 0.717) is 17.3 Å². The molecule has 0 aliphatic carbocycles. The number of carboxylic acids is 1. The summed E-state index contributed by atoms with van der Waals surface area (Å²) in [6, 6.07) is 10.4. The van der Waals surface area contributed by atoms with Gasteiger partial charge < -0.3 is 9.52 Å². The number of aryl methyl sites for hydroxylation is 1. The van der Waals surface area contributed by atoms with Crippen LogP contribution in [0.3, 0.4) is 0 Å². The molecule has 0 spiro atoms. The summed E-state index contributed by atoms with van der Waals surface area (Å²) in [7, 11) is 0. The second kappa shape index (κ2) is 5.49. The van der Waals surface area contributed by atoms with Crippen molar-refractivity contribution in [3.8, 4) is 22.2 Å². The first-order valence-electron chi connectivity index (χ1n) is 6.43. The first kappa shape index (κ1) is 13.5. The molecule has 2 aromatic heterocycles. The van der Waals surface area contributed by atoms with Gasteiger partial charge in [-0.1, -0.05) is 6.92 Å². The molecule has 0 aliphatic rings. The van der Waals surface area contributed by atoms with Gasteiger partial charge in [0, 0.05) is 10.4 Å². The zero-order chi connectivity index (χ0) is 14.8. The van der Waals surface area contributed by atoms with Crippen LogP contribution in [0.25, 0.3) is 22.2 Å². The summed E-state index contributed by atoms with van der Waals surface area (Å²) in [5.74, 6) is -0.0937. The number of hydrogen-bond acceptors (Lipinski definition) is 5. The molecule has 0 saturated carbocycles. The van der Waals surface area contributed by atoms with Crippen LogP contribution >= 0.6 is 11.3 Å². The van der Waals surface area contributed by atoms with E-state index in [1.165, 1.54) is 17.0 Å². The van der Waals surface area contributed by atoms with Crippen molar-refractivity contribution in [3.63, 3.8) is 0 Å². The maximum absolute atomic E-state index is 10.8. The lowest BCUT2D eigenvalue weighted by Gasteiger charge is -1.96. The fraction of sp³-hybridized carbons (Fsp3) is 0.133. The van der Waals surface area contributed by atoms with Gasteiger partial charge in [-0.25, -0.2) is 4.79 Å². The van der Waals surface area contributed by atoms with Crippen molar-refractivity contribution < 1.29 is 14.3 Å². The number of aromatic nitrogens is 2. The number of carbonyl (C=O) groups is 1. The number of hydrogen-bond donors (Lipinski definition) is 1. The molecule has 3 rings (SSSR count). The number of thiophene rings is 1. The predicted molar refractivity (Wildman–Crippen MR) is 79.4 cm³/mol. The van der Waals surface area contributed by atoms with E-state index >= 15 is 0 Å². The molecule has 21 heavy (non-hydrogen) atoms. The van der Waals surface area contributed by atoms with E-state index in [4.69, 9.17) is 9.52 Å². The average molecular weight is 300 g/mol. The summed E-state index contributed by atoms with van der Waals surface area (Å²) in [5, 5.41) is 16.9. The Morgan fingerprint density at radius 1 is 1.14 bits per heavy atom. The van der Waals surface area contributed by atoms with Crippen LogP contribution in [0.2, 0.25) is 0 Å². The minimum absolute atomic E-state index is 0.226. The van der Waals surface area contributed by atoms with Gasteiger partial charge in [-0.3, -0.25) is 0 Å². The molecule has 1 N–H and O–H groups in total. The Labute approximate surface area is 124 Å². The van der Waals surface area contributed by atoms with Gasteiger partial charge in [0.2, 0.25) is 5.89 Å². The van der Waals surface area contributed by atoms with Gasteiger partial charge in [0.15, 0.2) is 0 Å². The summed E-state index contributed by atoms with van der Waals surface area (Å²) in [6.45, 7) is 2.10. The third-order valence-corrected chi connectivity index (χ3v) is 4.24. The van der Waals surface area contributed by atoms with Crippen molar-refractivity contribution in [2.45, 2.75) is 13.3 Å². The molecule has 0 bridgehead atoms. The topological polar surface area (TPSA) is 76.2 Å². The van der Waals surface area contributed by atoms with Crippen molar-refractivity contribution in [3.05, 3.63) is 46.8 Å². The van der Waals surface area contributed by atoms with Crippen molar-refractivity contribution in [1.29, 1.82) is 0 Å². The first-order chi connectivity index (χ1) is 10.2. The van der Waals surface area contributed by atoms with Gasteiger partial charge in [0.1, 0.15) is 0 Å². The first-order valence-corrected chi connectivity index (χ1v) is 7.25. The van der Waals surface area contributed by atoms with Crippen LogP contribution in [-0.2, 0) is 6.42 Å².